The second-order valence-electron chi connectivity index (χ2n) is 4.78. The molecule has 0 aliphatic heterocycles. The lowest BCUT2D eigenvalue weighted by Gasteiger charge is -2.19. The molecule has 1 heterocycles. The van der Waals surface area contributed by atoms with Crippen molar-refractivity contribution >= 4 is 28.6 Å². The van der Waals surface area contributed by atoms with Crippen LogP contribution in [0, 0.1) is 17.2 Å². The highest BCUT2D eigenvalue weighted by molar-refractivity contribution is 7.10. The maximum atomic E-state index is 8.97. The lowest BCUT2D eigenvalue weighted by Crippen LogP contribution is -2.11. The number of nitrogens with zero attached hydrogens (tertiary/aromatic N) is 1. The Labute approximate surface area is 121 Å². The predicted octanol–water partition coefficient (Wildman–Crippen LogP) is 4.84. The standard InChI is InChI=1S/C15H13ClN2S/c16-12-6-3-10(9-17)8-13(12)18-15(11-4-5-11)14-2-1-7-19-14/h1-3,6-8,11,15,18H,4-5H2. The van der Waals surface area contributed by atoms with Crippen molar-refractivity contribution in [3.63, 3.8) is 0 Å². The molecule has 2 aromatic rings. The molecular formula is C15H13ClN2S. The van der Waals surface area contributed by atoms with Crippen molar-refractivity contribution in [2.75, 3.05) is 5.32 Å². The summed E-state index contributed by atoms with van der Waals surface area (Å²) in [6, 6.07) is 12.0. The Kier molecular flexibility index (Phi) is 3.46. The van der Waals surface area contributed by atoms with E-state index < -0.39 is 0 Å². The molecule has 1 aromatic carbocycles. The Balaban J connectivity index is 1.88. The van der Waals surface area contributed by atoms with E-state index in [1.54, 1.807) is 23.5 Å². The van der Waals surface area contributed by atoms with Gasteiger partial charge in [-0.1, -0.05) is 17.7 Å². The highest BCUT2D eigenvalue weighted by Gasteiger charge is 2.33. The first kappa shape index (κ1) is 12.5. The summed E-state index contributed by atoms with van der Waals surface area (Å²) < 4.78 is 0. The van der Waals surface area contributed by atoms with Crippen LogP contribution in [0.5, 0.6) is 0 Å². The molecule has 1 fully saturated rings. The monoisotopic (exact) mass is 288 g/mol. The van der Waals surface area contributed by atoms with Gasteiger partial charge in [-0.05, 0) is 48.4 Å². The topological polar surface area (TPSA) is 35.8 Å². The smallest absolute Gasteiger partial charge is 0.0992 e. The highest BCUT2D eigenvalue weighted by Crippen LogP contribution is 2.44. The molecule has 1 saturated carbocycles. The number of rotatable bonds is 4. The molecule has 1 atom stereocenters. The molecule has 0 spiro atoms. The molecule has 1 aromatic heterocycles. The van der Waals surface area contributed by atoms with Gasteiger partial charge in [0.05, 0.1) is 28.4 Å². The second kappa shape index (κ2) is 5.24. The normalized spacial score (nSPS) is 15.8. The van der Waals surface area contributed by atoms with Crippen LogP contribution in [0.2, 0.25) is 5.02 Å². The van der Waals surface area contributed by atoms with Crippen LogP contribution in [-0.4, -0.2) is 0 Å². The van der Waals surface area contributed by atoms with Crippen molar-refractivity contribution in [2.24, 2.45) is 5.92 Å². The molecule has 0 bridgehead atoms. The van der Waals surface area contributed by atoms with E-state index in [0.29, 0.717) is 22.5 Å². The lowest BCUT2D eigenvalue weighted by molar-refractivity contribution is 0.691. The summed E-state index contributed by atoms with van der Waals surface area (Å²) in [6.07, 6.45) is 2.51. The molecule has 1 unspecified atom stereocenters. The van der Waals surface area contributed by atoms with Gasteiger partial charge in [-0.3, -0.25) is 0 Å². The number of thiophene rings is 1. The van der Waals surface area contributed by atoms with Crippen molar-refractivity contribution in [1.82, 2.24) is 0 Å². The van der Waals surface area contributed by atoms with Crippen LogP contribution < -0.4 is 5.32 Å². The first-order valence-electron chi connectivity index (χ1n) is 6.27. The average molecular weight is 289 g/mol. The summed E-state index contributed by atoms with van der Waals surface area (Å²) in [5.41, 5.74) is 1.48. The summed E-state index contributed by atoms with van der Waals surface area (Å²) in [7, 11) is 0. The summed E-state index contributed by atoms with van der Waals surface area (Å²) in [4.78, 5) is 1.33. The number of hydrogen-bond donors (Lipinski definition) is 1. The third-order valence-electron chi connectivity index (χ3n) is 3.35. The van der Waals surface area contributed by atoms with E-state index in [-0.39, 0.29) is 0 Å². The van der Waals surface area contributed by atoms with Gasteiger partial charge in [0.2, 0.25) is 0 Å². The Hall–Kier alpha value is -1.50. The quantitative estimate of drug-likeness (QED) is 0.874. The summed E-state index contributed by atoms with van der Waals surface area (Å²) in [6.45, 7) is 0. The summed E-state index contributed by atoms with van der Waals surface area (Å²) >= 11 is 7.98. The first-order valence-corrected chi connectivity index (χ1v) is 7.53. The van der Waals surface area contributed by atoms with Crippen LogP contribution in [0.1, 0.15) is 29.3 Å². The van der Waals surface area contributed by atoms with Gasteiger partial charge in [-0.25, -0.2) is 0 Å². The van der Waals surface area contributed by atoms with Gasteiger partial charge in [-0.15, -0.1) is 11.3 Å². The molecule has 4 heteroatoms. The van der Waals surface area contributed by atoms with Crippen molar-refractivity contribution in [3.8, 4) is 6.07 Å². The van der Waals surface area contributed by atoms with E-state index in [0.717, 1.165) is 5.69 Å². The van der Waals surface area contributed by atoms with Crippen molar-refractivity contribution in [2.45, 2.75) is 18.9 Å². The molecule has 96 valence electrons. The van der Waals surface area contributed by atoms with Gasteiger partial charge in [-0.2, -0.15) is 5.26 Å². The van der Waals surface area contributed by atoms with Crippen LogP contribution in [0.3, 0.4) is 0 Å². The lowest BCUT2D eigenvalue weighted by atomic mass is 10.1. The molecule has 2 nitrogen and oxygen atoms in total. The summed E-state index contributed by atoms with van der Waals surface area (Å²) in [5.74, 6) is 0.681. The summed E-state index contributed by atoms with van der Waals surface area (Å²) in [5, 5.41) is 15.3. The molecule has 1 N–H and O–H groups in total. The molecule has 1 aliphatic carbocycles. The zero-order valence-corrected chi connectivity index (χ0v) is 11.8. The zero-order valence-electron chi connectivity index (χ0n) is 10.3. The fraction of sp³-hybridized carbons (Fsp3) is 0.267. The predicted molar refractivity (Wildman–Crippen MR) is 79.6 cm³/mol. The van der Waals surface area contributed by atoms with Crippen LogP contribution in [0.25, 0.3) is 0 Å². The van der Waals surface area contributed by atoms with E-state index >= 15 is 0 Å². The zero-order chi connectivity index (χ0) is 13.2. The highest BCUT2D eigenvalue weighted by atomic mass is 35.5. The number of nitriles is 1. The molecule has 19 heavy (non-hydrogen) atoms. The third-order valence-corrected chi connectivity index (χ3v) is 4.63. The maximum Gasteiger partial charge on any atom is 0.0992 e. The number of benzene rings is 1. The maximum absolute atomic E-state index is 8.97. The van der Waals surface area contributed by atoms with Crippen LogP contribution in [0.15, 0.2) is 35.7 Å². The van der Waals surface area contributed by atoms with E-state index in [9.17, 15) is 0 Å². The van der Waals surface area contributed by atoms with Crippen LogP contribution in [0.4, 0.5) is 5.69 Å². The van der Waals surface area contributed by atoms with Crippen molar-refractivity contribution < 1.29 is 0 Å². The van der Waals surface area contributed by atoms with Gasteiger partial charge in [0.1, 0.15) is 0 Å². The SMILES string of the molecule is N#Cc1ccc(Cl)c(NC(c2cccs2)C2CC2)c1. The number of anilines is 1. The largest absolute Gasteiger partial charge is 0.376 e. The number of halogens is 1. The van der Waals surface area contributed by atoms with E-state index in [1.165, 1.54) is 17.7 Å². The molecule has 0 radical (unpaired) electrons. The van der Waals surface area contributed by atoms with Gasteiger partial charge in [0.15, 0.2) is 0 Å². The minimum Gasteiger partial charge on any atom is -0.376 e. The Morgan fingerprint density at radius 2 is 2.21 bits per heavy atom. The van der Waals surface area contributed by atoms with Gasteiger partial charge >= 0.3 is 0 Å². The number of nitrogens with one attached hydrogen (secondary N) is 1. The molecule has 0 saturated heterocycles. The van der Waals surface area contributed by atoms with Crippen molar-refractivity contribution in [1.29, 1.82) is 5.26 Å². The minimum atomic E-state index is 0.312. The average Bonchev–Trinajstić information content (AvgIpc) is 3.12. The van der Waals surface area contributed by atoms with E-state index in [2.05, 4.69) is 28.9 Å². The molecule has 1 aliphatic rings. The minimum absolute atomic E-state index is 0.312. The van der Waals surface area contributed by atoms with Crippen LogP contribution >= 0.6 is 22.9 Å². The van der Waals surface area contributed by atoms with E-state index in [4.69, 9.17) is 16.9 Å². The van der Waals surface area contributed by atoms with Crippen LogP contribution in [-0.2, 0) is 0 Å². The Morgan fingerprint density at radius 1 is 1.37 bits per heavy atom. The molecular weight excluding hydrogens is 276 g/mol. The molecule has 0 amide bonds. The fourth-order valence-corrected chi connectivity index (χ4v) is 3.23. The second-order valence-corrected chi connectivity index (χ2v) is 6.17. The van der Waals surface area contributed by atoms with Gasteiger partial charge in [0.25, 0.3) is 0 Å². The van der Waals surface area contributed by atoms with E-state index in [1.807, 2.05) is 6.07 Å². The Morgan fingerprint density at radius 3 is 2.84 bits per heavy atom. The van der Waals surface area contributed by atoms with Crippen molar-refractivity contribution in [3.05, 3.63) is 51.2 Å². The van der Waals surface area contributed by atoms with Gasteiger partial charge in [0, 0.05) is 4.88 Å². The third kappa shape index (κ3) is 2.75. The fourth-order valence-electron chi connectivity index (χ4n) is 2.19. The number of hydrogen-bond acceptors (Lipinski definition) is 3. The Bertz CT molecular complexity index is 612. The first-order chi connectivity index (χ1) is 9.28. The molecule has 3 rings (SSSR count). The van der Waals surface area contributed by atoms with Gasteiger partial charge < -0.3 is 5.32 Å².